The molecule has 1 aromatic carbocycles. The summed E-state index contributed by atoms with van der Waals surface area (Å²) in [5.41, 5.74) is 2.48. The molecule has 8 nitrogen and oxygen atoms in total. The smallest absolute Gasteiger partial charge is 0.412 e. The van der Waals surface area contributed by atoms with Gasteiger partial charge in [0.15, 0.2) is 0 Å². The molecule has 0 saturated carbocycles. The van der Waals surface area contributed by atoms with Crippen LogP contribution in [-0.4, -0.2) is 40.5 Å². The van der Waals surface area contributed by atoms with Gasteiger partial charge in [-0.25, -0.2) is 19.2 Å². The minimum atomic E-state index is -0.621. The molecule has 4 aromatic rings. The lowest BCUT2D eigenvalue weighted by Crippen LogP contribution is -2.27. The number of fused-ring (bicyclic) bond motifs is 1. The van der Waals surface area contributed by atoms with Crippen molar-refractivity contribution in [3.63, 3.8) is 0 Å². The molecular weight excluding hydrogens is 437 g/mol. The second-order valence-electron chi connectivity index (χ2n) is 6.80. The van der Waals surface area contributed by atoms with Gasteiger partial charge in [-0.15, -0.1) is 0 Å². The predicted octanol–water partition coefficient (Wildman–Crippen LogP) is 4.64. The zero-order chi connectivity index (χ0) is 22.8. The van der Waals surface area contributed by atoms with Crippen molar-refractivity contribution in [2.24, 2.45) is 0 Å². The maximum Gasteiger partial charge on any atom is 0.412 e. The Bertz CT molecular complexity index is 1320. The van der Waals surface area contributed by atoms with E-state index in [9.17, 15) is 14.0 Å². The quantitative estimate of drug-likeness (QED) is 0.486. The third kappa shape index (κ3) is 4.10. The Morgan fingerprint density at radius 1 is 1.12 bits per heavy atom. The molecule has 162 valence electrons. The van der Waals surface area contributed by atoms with E-state index in [0.717, 1.165) is 11.6 Å². The molecule has 0 spiro atoms. The maximum atomic E-state index is 14.3. The molecule has 0 fully saturated rings. The minimum Gasteiger partial charge on any atom is -0.453 e. The highest BCUT2D eigenvalue weighted by Crippen LogP contribution is 2.25. The topological polar surface area (TPSA) is 88.8 Å². The van der Waals surface area contributed by atoms with Crippen molar-refractivity contribution in [1.82, 2.24) is 14.4 Å². The summed E-state index contributed by atoms with van der Waals surface area (Å²) in [6.45, 7) is 0. The van der Waals surface area contributed by atoms with Gasteiger partial charge in [-0.05, 0) is 42.5 Å². The van der Waals surface area contributed by atoms with E-state index in [-0.39, 0.29) is 10.7 Å². The third-order valence-electron chi connectivity index (χ3n) is 4.80. The Hall–Kier alpha value is -3.98. The summed E-state index contributed by atoms with van der Waals surface area (Å²) < 4.78 is 20.5. The van der Waals surface area contributed by atoms with Crippen LogP contribution in [0.3, 0.4) is 0 Å². The average Bonchev–Trinajstić information content (AvgIpc) is 3.22. The van der Waals surface area contributed by atoms with Crippen LogP contribution in [-0.2, 0) is 4.74 Å². The number of imidazole rings is 1. The molecule has 10 heteroatoms. The van der Waals surface area contributed by atoms with Gasteiger partial charge in [0.2, 0.25) is 0 Å². The lowest BCUT2D eigenvalue weighted by atomic mass is 10.2. The first-order valence-electron chi connectivity index (χ1n) is 9.39. The highest BCUT2D eigenvalue weighted by molar-refractivity contribution is 6.30. The van der Waals surface area contributed by atoms with Crippen molar-refractivity contribution in [3.8, 4) is 11.3 Å². The third-order valence-corrected chi connectivity index (χ3v) is 5.04. The number of hydrogen-bond donors (Lipinski definition) is 1. The van der Waals surface area contributed by atoms with E-state index in [1.54, 1.807) is 47.3 Å². The lowest BCUT2D eigenvalue weighted by molar-refractivity contribution is 0.0991. The summed E-state index contributed by atoms with van der Waals surface area (Å²) >= 11 is 5.80. The number of methoxy groups -OCH3 is 1. The van der Waals surface area contributed by atoms with Crippen molar-refractivity contribution >= 4 is 40.8 Å². The number of rotatable bonds is 4. The molecule has 2 amide bonds. The summed E-state index contributed by atoms with van der Waals surface area (Å²) in [5.74, 6) is -0.662. The van der Waals surface area contributed by atoms with Gasteiger partial charge in [0.1, 0.15) is 17.3 Å². The normalized spacial score (nSPS) is 10.8. The van der Waals surface area contributed by atoms with E-state index >= 15 is 0 Å². The van der Waals surface area contributed by atoms with Crippen LogP contribution in [0.1, 0.15) is 10.4 Å². The number of pyridine rings is 2. The molecule has 0 atom stereocenters. The number of halogens is 2. The van der Waals surface area contributed by atoms with Gasteiger partial charge in [-0.3, -0.25) is 14.5 Å². The number of nitrogens with one attached hydrogen (secondary N) is 1. The molecule has 3 heterocycles. The number of amides is 2. The Kier molecular flexibility index (Phi) is 5.74. The molecule has 0 bridgehead atoms. The average molecular weight is 454 g/mol. The number of hydrogen-bond acceptors (Lipinski definition) is 5. The van der Waals surface area contributed by atoms with Crippen molar-refractivity contribution in [3.05, 3.63) is 77.5 Å². The van der Waals surface area contributed by atoms with Gasteiger partial charge in [-0.1, -0.05) is 11.6 Å². The second-order valence-corrected chi connectivity index (χ2v) is 7.23. The van der Waals surface area contributed by atoms with Crippen LogP contribution in [0.5, 0.6) is 0 Å². The van der Waals surface area contributed by atoms with E-state index in [1.165, 1.54) is 31.2 Å². The van der Waals surface area contributed by atoms with Crippen molar-refractivity contribution in [1.29, 1.82) is 0 Å². The SMILES string of the molecule is COC(=O)Nc1ccc(-c2cnc3ccc(C(=O)N(C)c4ccc(Cl)cc4F)cn23)cn1. The van der Waals surface area contributed by atoms with Crippen molar-refractivity contribution in [2.45, 2.75) is 0 Å². The summed E-state index contributed by atoms with van der Waals surface area (Å²) in [7, 11) is 2.75. The zero-order valence-electron chi connectivity index (χ0n) is 17.0. The van der Waals surface area contributed by atoms with Crippen LogP contribution in [0.25, 0.3) is 16.9 Å². The van der Waals surface area contributed by atoms with Crippen molar-refractivity contribution in [2.75, 3.05) is 24.4 Å². The lowest BCUT2D eigenvalue weighted by Gasteiger charge is -2.18. The summed E-state index contributed by atoms with van der Waals surface area (Å²) in [6.07, 6.45) is 4.23. The first-order chi connectivity index (χ1) is 15.4. The van der Waals surface area contributed by atoms with Crippen LogP contribution in [0.4, 0.5) is 20.7 Å². The first kappa shape index (κ1) is 21.3. The van der Waals surface area contributed by atoms with Gasteiger partial charge >= 0.3 is 6.09 Å². The number of nitrogens with zero attached hydrogens (tertiary/aromatic N) is 4. The number of aromatic nitrogens is 3. The van der Waals surface area contributed by atoms with Gasteiger partial charge in [0.25, 0.3) is 5.91 Å². The minimum absolute atomic E-state index is 0.114. The van der Waals surface area contributed by atoms with E-state index in [4.69, 9.17) is 11.6 Å². The maximum absolute atomic E-state index is 14.3. The van der Waals surface area contributed by atoms with Gasteiger partial charge in [0, 0.05) is 30.0 Å². The molecular formula is C22H17ClFN5O3. The highest BCUT2D eigenvalue weighted by atomic mass is 35.5. The Morgan fingerprint density at radius 2 is 1.94 bits per heavy atom. The van der Waals surface area contributed by atoms with Crippen molar-refractivity contribution < 1.29 is 18.7 Å². The number of carbonyl (C=O) groups is 2. The Morgan fingerprint density at radius 3 is 2.62 bits per heavy atom. The fourth-order valence-corrected chi connectivity index (χ4v) is 3.31. The molecule has 4 rings (SSSR count). The largest absolute Gasteiger partial charge is 0.453 e. The molecule has 0 radical (unpaired) electrons. The Labute approximate surface area is 187 Å². The summed E-state index contributed by atoms with van der Waals surface area (Å²) in [5, 5.41) is 2.73. The number of benzene rings is 1. The number of carbonyl (C=O) groups excluding carboxylic acids is 2. The van der Waals surface area contributed by atoms with E-state index in [2.05, 4.69) is 20.0 Å². The van der Waals surface area contributed by atoms with Crippen LogP contribution in [0.15, 0.2) is 61.1 Å². The zero-order valence-corrected chi connectivity index (χ0v) is 17.8. The van der Waals surface area contributed by atoms with Crippen LogP contribution >= 0.6 is 11.6 Å². The second kappa shape index (κ2) is 8.64. The number of ether oxygens (including phenoxy) is 1. The molecule has 0 unspecified atom stereocenters. The fraction of sp³-hybridized carbons (Fsp3) is 0.0909. The molecule has 0 aliphatic heterocycles. The van der Waals surface area contributed by atoms with Gasteiger partial charge in [-0.2, -0.15) is 0 Å². The first-order valence-corrected chi connectivity index (χ1v) is 9.77. The molecule has 32 heavy (non-hydrogen) atoms. The van der Waals surface area contributed by atoms with E-state index in [0.29, 0.717) is 22.7 Å². The molecule has 0 aliphatic rings. The van der Waals surface area contributed by atoms with E-state index < -0.39 is 17.8 Å². The molecule has 0 saturated heterocycles. The monoisotopic (exact) mass is 453 g/mol. The van der Waals surface area contributed by atoms with Crippen LogP contribution in [0.2, 0.25) is 5.02 Å². The summed E-state index contributed by atoms with van der Waals surface area (Å²) in [6, 6.07) is 10.8. The van der Waals surface area contributed by atoms with Gasteiger partial charge < -0.3 is 9.64 Å². The standard InChI is InChI=1S/C22H17ClFN5O3/c1-28(17-6-5-15(23)9-16(17)24)21(30)14-4-8-20-26-11-18(29(20)12-14)13-3-7-19(25-10-13)27-22(31)32-2/h3-12H,1-2H3,(H,25,27,31). The van der Waals surface area contributed by atoms with Crippen LogP contribution in [0, 0.1) is 5.82 Å². The Balaban J connectivity index is 1.65. The summed E-state index contributed by atoms with van der Waals surface area (Å²) in [4.78, 5) is 34.1. The predicted molar refractivity (Wildman–Crippen MR) is 119 cm³/mol. The molecule has 0 aliphatic carbocycles. The highest BCUT2D eigenvalue weighted by Gasteiger charge is 2.18. The number of anilines is 2. The fourth-order valence-electron chi connectivity index (χ4n) is 3.15. The van der Waals surface area contributed by atoms with E-state index in [1.807, 2.05) is 0 Å². The van der Waals surface area contributed by atoms with Crippen LogP contribution < -0.4 is 10.2 Å². The van der Waals surface area contributed by atoms with Gasteiger partial charge in [0.05, 0.1) is 30.3 Å². The molecule has 1 N–H and O–H groups in total. The molecule has 3 aromatic heterocycles.